The highest BCUT2D eigenvalue weighted by molar-refractivity contribution is 6.04. The summed E-state index contributed by atoms with van der Waals surface area (Å²) in [6.07, 6.45) is 5.44. The Labute approximate surface area is 117 Å². The highest BCUT2D eigenvalue weighted by atomic mass is 16.1. The van der Waals surface area contributed by atoms with Crippen LogP contribution in [0.4, 0.5) is 0 Å². The van der Waals surface area contributed by atoms with Crippen LogP contribution in [0.5, 0.6) is 0 Å². The number of H-pyrrole nitrogens is 1. The summed E-state index contributed by atoms with van der Waals surface area (Å²) >= 11 is 0. The number of aromatic nitrogens is 2. The average Bonchev–Trinajstić information content (AvgIpc) is 3.19. The lowest BCUT2D eigenvalue weighted by molar-refractivity contribution is 0.0938. The summed E-state index contributed by atoms with van der Waals surface area (Å²) in [7, 11) is 0. The monoisotopic (exact) mass is 269 g/mol. The first-order valence-corrected chi connectivity index (χ1v) is 7.52. The molecule has 4 heteroatoms. The molecule has 1 aromatic heterocycles. The lowest BCUT2D eigenvalue weighted by atomic mass is 9.89. The van der Waals surface area contributed by atoms with E-state index in [4.69, 9.17) is 0 Å². The molecule has 1 amide bonds. The molecule has 1 heterocycles. The van der Waals surface area contributed by atoms with E-state index in [1.54, 1.807) is 0 Å². The van der Waals surface area contributed by atoms with Gasteiger partial charge in [-0.15, -0.1) is 0 Å². The minimum atomic E-state index is -0.0507. The predicted molar refractivity (Wildman–Crippen MR) is 77.4 cm³/mol. The number of carbonyl (C=O) groups excluding carboxylic acids is 1. The Morgan fingerprint density at radius 2 is 2.20 bits per heavy atom. The van der Waals surface area contributed by atoms with Crippen molar-refractivity contribution in [2.24, 2.45) is 17.8 Å². The van der Waals surface area contributed by atoms with Crippen LogP contribution < -0.4 is 5.32 Å². The second-order valence-corrected chi connectivity index (χ2v) is 6.26. The van der Waals surface area contributed by atoms with E-state index in [1.807, 2.05) is 24.3 Å². The first kappa shape index (κ1) is 11.9. The molecule has 1 aromatic carbocycles. The maximum Gasteiger partial charge on any atom is 0.272 e. The number of hydrogen-bond donors (Lipinski definition) is 2. The van der Waals surface area contributed by atoms with Gasteiger partial charge < -0.3 is 5.32 Å². The van der Waals surface area contributed by atoms with Gasteiger partial charge >= 0.3 is 0 Å². The fraction of sp³-hybridized carbons (Fsp3) is 0.500. The van der Waals surface area contributed by atoms with Gasteiger partial charge in [0.25, 0.3) is 5.91 Å². The molecule has 4 rings (SSSR count). The van der Waals surface area contributed by atoms with Crippen LogP contribution in [0, 0.1) is 17.8 Å². The fourth-order valence-electron chi connectivity index (χ4n) is 4.07. The molecule has 2 N–H and O–H groups in total. The van der Waals surface area contributed by atoms with E-state index in [-0.39, 0.29) is 5.91 Å². The number of para-hydroxylation sites is 1. The van der Waals surface area contributed by atoms with Gasteiger partial charge in [-0.05, 0) is 43.1 Å². The quantitative estimate of drug-likeness (QED) is 0.900. The molecule has 3 unspecified atom stereocenters. The highest BCUT2D eigenvalue weighted by Crippen LogP contribution is 2.47. The van der Waals surface area contributed by atoms with E-state index in [9.17, 15) is 4.79 Å². The van der Waals surface area contributed by atoms with Crippen molar-refractivity contribution in [3.63, 3.8) is 0 Å². The fourth-order valence-corrected chi connectivity index (χ4v) is 4.07. The Kier molecular flexibility index (Phi) is 2.76. The third-order valence-corrected chi connectivity index (χ3v) is 5.09. The zero-order valence-corrected chi connectivity index (χ0v) is 11.4. The zero-order chi connectivity index (χ0) is 13.5. The smallest absolute Gasteiger partial charge is 0.272 e. The Balaban J connectivity index is 1.45. The number of amides is 1. The van der Waals surface area contributed by atoms with Crippen molar-refractivity contribution >= 4 is 16.8 Å². The summed E-state index contributed by atoms with van der Waals surface area (Å²) in [5.74, 6) is 2.40. The SMILES string of the molecule is O=C(NCC1CC2CCC1C2)c1n[nH]c2ccccc12. The number of hydrogen-bond acceptors (Lipinski definition) is 2. The largest absolute Gasteiger partial charge is 0.350 e. The lowest BCUT2D eigenvalue weighted by Crippen LogP contribution is -2.31. The molecule has 0 spiro atoms. The number of nitrogens with one attached hydrogen (secondary N) is 2. The van der Waals surface area contributed by atoms with Crippen molar-refractivity contribution in [3.05, 3.63) is 30.0 Å². The molecule has 3 atom stereocenters. The molecule has 4 nitrogen and oxygen atoms in total. The van der Waals surface area contributed by atoms with Gasteiger partial charge in [0.15, 0.2) is 5.69 Å². The van der Waals surface area contributed by atoms with Gasteiger partial charge in [0, 0.05) is 11.9 Å². The van der Waals surface area contributed by atoms with Crippen LogP contribution >= 0.6 is 0 Å². The summed E-state index contributed by atoms with van der Waals surface area (Å²) in [6.45, 7) is 0.807. The van der Waals surface area contributed by atoms with Crippen LogP contribution in [-0.4, -0.2) is 22.6 Å². The number of carbonyl (C=O) groups is 1. The third kappa shape index (κ3) is 1.90. The number of rotatable bonds is 3. The molecule has 2 aliphatic rings. The molecular formula is C16H19N3O. The molecule has 0 radical (unpaired) electrons. The number of benzene rings is 1. The van der Waals surface area contributed by atoms with Crippen molar-refractivity contribution in [1.82, 2.24) is 15.5 Å². The molecule has 20 heavy (non-hydrogen) atoms. The van der Waals surface area contributed by atoms with Gasteiger partial charge in [0.05, 0.1) is 5.52 Å². The molecule has 2 bridgehead atoms. The first-order chi connectivity index (χ1) is 9.81. The minimum absolute atomic E-state index is 0.0507. The number of aromatic amines is 1. The maximum atomic E-state index is 12.3. The van der Waals surface area contributed by atoms with Crippen molar-refractivity contribution < 1.29 is 4.79 Å². The minimum Gasteiger partial charge on any atom is -0.350 e. The van der Waals surface area contributed by atoms with Gasteiger partial charge in [-0.25, -0.2) is 0 Å². The van der Waals surface area contributed by atoms with Crippen LogP contribution in [0.1, 0.15) is 36.2 Å². The number of fused-ring (bicyclic) bond motifs is 3. The van der Waals surface area contributed by atoms with E-state index in [0.717, 1.165) is 29.3 Å². The van der Waals surface area contributed by atoms with Crippen molar-refractivity contribution in [2.75, 3.05) is 6.54 Å². The molecule has 0 saturated heterocycles. The lowest BCUT2D eigenvalue weighted by Gasteiger charge is -2.21. The third-order valence-electron chi connectivity index (χ3n) is 5.09. The van der Waals surface area contributed by atoms with Crippen LogP contribution in [0.15, 0.2) is 24.3 Å². The molecule has 0 aliphatic heterocycles. The molecule has 104 valence electrons. The second-order valence-electron chi connectivity index (χ2n) is 6.26. The van der Waals surface area contributed by atoms with E-state index < -0.39 is 0 Å². The van der Waals surface area contributed by atoms with E-state index in [0.29, 0.717) is 11.6 Å². The van der Waals surface area contributed by atoms with Crippen LogP contribution in [0.2, 0.25) is 0 Å². The van der Waals surface area contributed by atoms with E-state index >= 15 is 0 Å². The van der Waals surface area contributed by atoms with E-state index in [1.165, 1.54) is 25.7 Å². The van der Waals surface area contributed by atoms with Crippen LogP contribution in [0.25, 0.3) is 10.9 Å². The predicted octanol–water partition coefficient (Wildman–Crippen LogP) is 2.73. The Bertz CT molecular complexity index is 648. The van der Waals surface area contributed by atoms with Gasteiger partial charge in [-0.1, -0.05) is 24.6 Å². The normalized spacial score (nSPS) is 28.1. The van der Waals surface area contributed by atoms with Crippen molar-refractivity contribution in [3.8, 4) is 0 Å². The maximum absolute atomic E-state index is 12.3. The zero-order valence-electron chi connectivity index (χ0n) is 11.4. The Hall–Kier alpha value is -1.84. The summed E-state index contributed by atoms with van der Waals surface area (Å²) < 4.78 is 0. The molecule has 2 fully saturated rings. The molecular weight excluding hydrogens is 250 g/mol. The summed E-state index contributed by atoms with van der Waals surface area (Å²) in [5.41, 5.74) is 1.43. The topological polar surface area (TPSA) is 57.8 Å². The Morgan fingerprint density at radius 1 is 1.30 bits per heavy atom. The summed E-state index contributed by atoms with van der Waals surface area (Å²) in [4.78, 5) is 12.3. The number of nitrogens with zero attached hydrogens (tertiary/aromatic N) is 1. The van der Waals surface area contributed by atoms with Crippen LogP contribution in [-0.2, 0) is 0 Å². The van der Waals surface area contributed by atoms with Gasteiger partial charge in [0.1, 0.15) is 0 Å². The van der Waals surface area contributed by atoms with E-state index in [2.05, 4.69) is 15.5 Å². The summed E-state index contributed by atoms with van der Waals surface area (Å²) in [5, 5.41) is 11.0. The Morgan fingerprint density at radius 3 is 3.00 bits per heavy atom. The average molecular weight is 269 g/mol. The van der Waals surface area contributed by atoms with Crippen molar-refractivity contribution in [2.45, 2.75) is 25.7 Å². The second kappa shape index (κ2) is 4.62. The summed E-state index contributed by atoms with van der Waals surface area (Å²) in [6, 6.07) is 7.75. The first-order valence-electron chi connectivity index (χ1n) is 7.52. The standard InChI is InChI=1S/C16H19N3O/c20-16(15-13-3-1-2-4-14(13)18-19-15)17-9-12-8-10-5-6-11(12)7-10/h1-4,10-12H,5-9H2,(H,17,20)(H,18,19). The van der Waals surface area contributed by atoms with Crippen molar-refractivity contribution in [1.29, 1.82) is 0 Å². The highest BCUT2D eigenvalue weighted by Gasteiger charge is 2.39. The van der Waals surface area contributed by atoms with Gasteiger partial charge in [-0.3, -0.25) is 9.89 Å². The van der Waals surface area contributed by atoms with Gasteiger partial charge in [-0.2, -0.15) is 5.10 Å². The molecule has 2 aromatic rings. The van der Waals surface area contributed by atoms with Gasteiger partial charge in [0.2, 0.25) is 0 Å². The van der Waals surface area contributed by atoms with Crippen LogP contribution in [0.3, 0.4) is 0 Å². The molecule has 2 saturated carbocycles. The molecule has 2 aliphatic carbocycles.